The summed E-state index contributed by atoms with van der Waals surface area (Å²) in [5.74, 6) is 2.37. The monoisotopic (exact) mass is 374 g/mol. The van der Waals surface area contributed by atoms with E-state index in [1.54, 1.807) is 0 Å². The highest BCUT2D eigenvalue weighted by Gasteiger charge is 2.15. The van der Waals surface area contributed by atoms with E-state index in [1.807, 2.05) is 6.07 Å². The van der Waals surface area contributed by atoms with E-state index in [2.05, 4.69) is 72.0 Å². The van der Waals surface area contributed by atoms with E-state index in [9.17, 15) is 4.79 Å². The van der Waals surface area contributed by atoms with Crippen molar-refractivity contribution in [2.45, 2.75) is 52.2 Å². The van der Waals surface area contributed by atoms with Gasteiger partial charge < -0.3 is 9.88 Å². The summed E-state index contributed by atoms with van der Waals surface area (Å²) in [6, 6.07) is 10.4. The lowest BCUT2D eigenvalue weighted by Crippen LogP contribution is -2.28. The van der Waals surface area contributed by atoms with Gasteiger partial charge in [0.25, 0.3) is 0 Å². The number of hydrogen-bond donors (Lipinski definition) is 1. The normalized spacial score (nSPS) is 11.3. The predicted octanol–water partition coefficient (Wildman–Crippen LogP) is 3.58. The van der Waals surface area contributed by atoms with Crippen molar-refractivity contribution in [2.75, 3.05) is 12.3 Å². The van der Waals surface area contributed by atoms with Crippen LogP contribution in [0.3, 0.4) is 0 Å². The SMILES string of the molecule is CC(C)CNC(=O)CSc1nnc(CCc2ccccc2)n1CC(C)C. The number of nitrogens with one attached hydrogen (secondary N) is 1. The first-order chi connectivity index (χ1) is 12.5. The van der Waals surface area contributed by atoms with E-state index in [0.29, 0.717) is 24.1 Å². The molecular formula is C20H30N4OS. The third-order valence-electron chi connectivity index (χ3n) is 3.86. The fourth-order valence-electron chi connectivity index (χ4n) is 2.56. The van der Waals surface area contributed by atoms with Gasteiger partial charge >= 0.3 is 0 Å². The van der Waals surface area contributed by atoms with Gasteiger partial charge in [-0.05, 0) is 23.8 Å². The second-order valence-corrected chi connectivity index (χ2v) is 8.32. The van der Waals surface area contributed by atoms with Crippen LogP contribution in [0.5, 0.6) is 0 Å². The summed E-state index contributed by atoms with van der Waals surface area (Å²) in [7, 11) is 0. The Labute approximate surface area is 161 Å². The standard InChI is InChI=1S/C20H30N4OS/c1-15(2)12-21-19(25)14-26-20-23-22-18(24(20)13-16(3)4)11-10-17-8-6-5-7-9-17/h5-9,15-16H,10-14H2,1-4H3,(H,21,25). The van der Waals surface area contributed by atoms with Gasteiger partial charge in [0, 0.05) is 19.5 Å². The summed E-state index contributed by atoms with van der Waals surface area (Å²) in [6.45, 7) is 10.1. The van der Waals surface area contributed by atoms with Crippen LogP contribution in [-0.2, 0) is 24.2 Å². The largest absolute Gasteiger partial charge is 0.355 e. The third kappa shape index (κ3) is 6.83. The smallest absolute Gasteiger partial charge is 0.230 e. The van der Waals surface area contributed by atoms with Gasteiger partial charge in [-0.15, -0.1) is 10.2 Å². The minimum absolute atomic E-state index is 0.0497. The number of carbonyl (C=O) groups excluding carboxylic acids is 1. The van der Waals surface area contributed by atoms with Gasteiger partial charge in [0.1, 0.15) is 5.82 Å². The number of carbonyl (C=O) groups is 1. The Hall–Kier alpha value is -1.82. The molecule has 0 unspecified atom stereocenters. The molecular weight excluding hydrogens is 344 g/mol. The molecule has 1 heterocycles. The second-order valence-electron chi connectivity index (χ2n) is 7.38. The first-order valence-electron chi connectivity index (χ1n) is 9.31. The van der Waals surface area contributed by atoms with E-state index in [1.165, 1.54) is 17.3 Å². The summed E-state index contributed by atoms with van der Waals surface area (Å²) < 4.78 is 2.17. The molecule has 0 aliphatic carbocycles. The summed E-state index contributed by atoms with van der Waals surface area (Å²) in [5, 5.41) is 12.5. The summed E-state index contributed by atoms with van der Waals surface area (Å²) in [6.07, 6.45) is 1.79. The Morgan fingerprint density at radius 2 is 1.81 bits per heavy atom. The summed E-state index contributed by atoms with van der Waals surface area (Å²) in [4.78, 5) is 12.0. The Kier molecular flexibility index (Phi) is 8.16. The molecule has 0 fully saturated rings. The van der Waals surface area contributed by atoms with Gasteiger partial charge in [0.15, 0.2) is 5.16 Å². The quantitative estimate of drug-likeness (QED) is 0.646. The van der Waals surface area contributed by atoms with Crippen molar-refractivity contribution in [3.63, 3.8) is 0 Å². The van der Waals surface area contributed by atoms with Crippen molar-refractivity contribution in [1.82, 2.24) is 20.1 Å². The lowest BCUT2D eigenvalue weighted by molar-refractivity contribution is -0.118. The Morgan fingerprint density at radius 1 is 1.08 bits per heavy atom. The highest BCUT2D eigenvalue weighted by atomic mass is 32.2. The highest BCUT2D eigenvalue weighted by Crippen LogP contribution is 2.19. The number of aryl methyl sites for hydroxylation is 2. The van der Waals surface area contributed by atoms with Gasteiger partial charge in [-0.1, -0.05) is 69.8 Å². The van der Waals surface area contributed by atoms with Crippen LogP contribution in [0.4, 0.5) is 0 Å². The molecule has 1 amide bonds. The predicted molar refractivity (Wildman–Crippen MR) is 107 cm³/mol. The summed E-state index contributed by atoms with van der Waals surface area (Å²) >= 11 is 1.47. The molecule has 5 nitrogen and oxygen atoms in total. The van der Waals surface area contributed by atoms with Gasteiger partial charge in [0.05, 0.1) is 5.75 Å². The third-order valence-corrected chi connectivity index (χ3v) is 4.83. The molecule has 0 aliphatic rings. The van der Waals surface area contributed by atoms with Crippen molar-refractivity contribution in [3.8, 4) is 0 Å². The van der Waals surface area contributed by atoms with Crippen LogP contribution in [0.15, 0.2) is 35.5 Å². The van der Waals surface area contributed by atoms with Crippen LogP contribution < -0.4 is 5.32 Å². The average molecular weight is 375 g/mol. The number of amides is 1. The molecule has 0 saturated carbocycles. The molecule has 0 bridgehead atoms. The fourth-order valence-corrected chi connectivity index (χ4v) is 3.36. The van der Waals surface area contributed by atoms with Gasteiger partial charge in [-0.2, -0.15) is 0 Å². The molecule has 1 N–H and O–H groups in total. The minimum atomic E-state index is 0.0497. The molecule has 0 aliphatic heterocycles. The molecule has 26 heavy (non-hydrogen) atoms. The van der Waals surface area contributed by atoms with Crippen LogP contribution in [0.1, 0.15) is 39.1 Å². The first kappa shape index (κ1) is 20.5. The fraction of sp³-hybridized carbons (Fsp3) is 0.550. The molecule has 1 aromatic carbocycles. The molecule has 142 valence electrons. The van der Waals surface area contributed by atoms with Crippen molar-refractivity contribution in [2.24, 2.45) is 11.8 Å². The lowest BCUT2D eigenvalue weighted by atomic mass is 10.1. The topological polar surface area (TPSA) is 59.8 Å². The number of benzene rings is 1. The summed E-state index contributed by atoms with van der Waals surface area (Å²) in [5.41, 5.74) is 1.30. The van der Waals surface area contributed by atoms with Crippen molar-refractivity contribution >= 4 is 17.7 Å². The zero-order valence-corrected chi connectivity index (χ0v) is 17.1. The molecule has 2 aromatic rings. The van der Waals surface area contributed by atoms with E-state index in [0.717, 1.165) is 30.4 Å². The van der Waals surface area contributed by atoms with E-state index in [-0.39, 0.29) is 5.91 Å². The number of thioether (sulfide) groups is 1. The first-order valence-corrected chi connectivity index (χ1v) is 10.3. The number of hydrogen-bond acceptors (Lipinski definition) is 4. The second kappa shape index (κ2) is 10.4. The maximum Gasteiger partial charge on any atom is 0.230 e. The van der Waals surface area contributed by atoms with Crippen LogP contribution in [0.2, 0.25) is 0 Å². The molecule has 0 spiro atoms. The maximum atomic E-state index is 12.0. The number of rotatable bonds is 10. The van der Waals surface area contributed by atoms with Gasteiger partial charge in [-0.3, -0.25) is 4.79 Å². The molecule has 0 saturated heterocycles. The lowest BCUT2D eigenvalue weighted by Gasteiger charge is -2.13. The van der Waals surface area contributed by atoms with Crippen molar-refractivity contribution < 1.29 is 4.79 Å². The van der Waals surface area contributed by atoms with Crippen molar-refractivity contribution in [1.29, 1.82) is 0 Å². The van der Waals surface area contributed by atoms with Crippen LogP contribution >= 0.6 is 11.8 Å². The van der Waals surface area contributed by atoms with E-state index < -0.39 is 0 Å². The highest BCUT2D eigenvalue weighted by molar-refractivity contribution is 7.99. The molecule has 6 heteroatoms. The number of aromatic nitrogens is 3. The van der Waals surface area contributed by atoms with Crippen LogP contribution in [0.25, 0.3) is 0 Å². The molecule has 0 atom stereocenters. The van der Waals surface area contributed by atoms with Crippen LogP contribution in [0, 0.1) is 11.8 Å². The Bertz CT molecular complexity index is 682. The zero-order chi connectivity index (χ0) is 18.9. The zero-order valence-electron chi connectivity index (χ0n) is 16.2. The maximum absolute atomic E-state index is 12.0. The Morgan fingerprint density at radius 3 is 2.46 bits per heavy atom. The average Bonchev–Trinajstić information content (AvgIpc) is 2.98. The van der Waals surface area contributed by atoms with Crippen molar-refractivity contribution in [3.05, 3.63) is 41.7 Å². The van der Waals surface area contributed by atoms with E-state index >= 15 is 0 Å². The van der Waals surface area contributed by atoms with E-state index in [4.69, 9.17) is 0 Å². The van der Waals surface area contributed by atoms with Gasteiger partial charge in [0.2, 0.25) is 5.91 Å². The van der Waals surface area contributed by atoms with Crippen LogP contribution in [-0.4, -0.2) is 33.0 Å². The molecule has 2 rings (SSSR count). The van der Waals surface area contributed by atoms with Gasteiger partial charge in [-0.25, -0.2) is 0 Å². The minimum Gasteiger partial charge on any atom is -0.355 e. The molecule has 1 aromatic heterocycles. The number of nitrogens with zero attached hydrogens (tertiary/aromatic N) is 3. The molecule has 0 radical (unpaired) electrons. The Balaban J connectivity index is 1.99.